The van der Waals surface area contributed by atoms with Gasteiger partial charge in [-0.05, 0) is 6.92 Å². The highest BCUT2D eigenvalue weighted by molar-refractivity contribution is 5.96. The maximum atomic E-state index is 13.0. The topological polar surface area (TPSA) is 57.8 Å². The van der Waals surface area contributed by atoms with E-state index in [9.17, 15) is 18.0 Å². The molecule has 2 N–H and O–H groups in total. The van der Waals surface area contributed by atoms with Crippen molar-refractivity contribution >= 4 is 11.7 Å². The number of halogens is 3. The first kappa shape index (κ1) is 10.6. The number of rotatable bonds is 3. The summed E-state index contributed by atoms with van der Waals surface area (Å²) < 4.78 is 37.1. The molecule has 0 saturated heterocycles. The van der Waals surface area contributed by atoms with Gasteiger partial charge >= 0.3 is 0 Å². The van der Waals surface area contributed by atoms with Crippen molar-refractivity contribution in [1.29, 1.82) is 0 Å². The number of H-pyrrole nitrogens is 1. The van der Waals surface area contributed by atoms with Crippen LogP contribution in [0.3, 0.4) is 0 Å². The van der Waals surface area contributed by atoms with E-state index in [1.165, 1.54) is 12.3 Å². The van der Waals surface area contributed by atoms with Crippen LogP contribution in [0.4, 0.5) is 19.0 Å². The zero-order valence-electron chi connectivity index (χ0n) is 7.22. The molecule has 78 valence electrons. The van der Waals surface area contributed by atoms with Gasteiger partial charge in [-0.2, -0.15) is 5.10 Å². The Balaban J connectivity index is 2.67. The Labute approximate surface area is 77.5 Å². The van der Waals surface area contributed by atoms with Crippen molar-refractivity contribution in [3.05, 3.63) is 12.3 Å². The fourth-order valence-corrected chi connectivity index (χ4v) is 0.669. The number of nitrogens with zero attached hydrogens (tertiary/aromatic N) is 1. The molecule has 0 saturated carbocycles. The van der Waals surface area contributed by atoms with Gasteiger partial charge in [-0.3, -0.25) is 9.89 Å². The maximum Gasteiger partial charge on any atom is 0.280 e. The van der Waals surface area contributed by atoms with Gasteiger partial charge in [-0.25, -0.2) is 13.2 Å². The molecule has 0 fully saturated rings. The smallest absolute Gasteiger partial charge is 0.280 e. The van der Waals surface area contributed by atoms with Crippen LogP contribution in [0, 0.1) is 0 Å². The molecule has 0 bridgehead atoms. The van der Waals surface area contributed by atoms with Crippen LogP contribution in [-0.4, -0.2) is 28.2 Å². The highest BCUT2D eigenvalue weighted by atomic mass is 19.3. The van der Waals surface area contributed by atoms with Gasteiger partial charge in [0, 0.05) is 6.07 Å². The molecule has 0 aromatic carbocycles. The SMILES string of the molecule is CC(F)(C(=O)Nc1ccn[nH]1)C(F)F. The van der Waals surface area contributed by atoms with E-state index in [1.807, 2.05) is 5.32 Å². The fourth-order valence-electron chi connectivity index (χ4n) is 0.669. The van der Waals surface area contributed by atoms with Gasteiger partial charge < -0.3 is 5.32 Å². The quantitative estimate of drug-likeness (QED) is 0.785. The van der Waals surface area contributed by atoms with Gasteiger partial charge in [0.25, 0.3) is 12.3 Å². The maximum absolute atomic E-state index is 13.0. The van der Waals surface area contributed by atoms with E-state index >= 15 is 0 Å². The average molecular weight is 207 g/mol. The molecule has 0 radical (unpaired) electrons. The molecular weight excluding hydrogens is 199 g/mol. The van der Waals surface area contributed by atoms with Gasteiger partial charge in [-0.15, -0.1) is 0 Å². The Morgan fingerprint density at radius 1 is 1.71 bits per heavy atom. The standard InChI is InChI=1S/C7H8F3N3O/c1-7(10,5(8)9)6(14)12-4-2-3-11-13-4/h2-3,5H,1H3,(H2,11,12,13,14). The number of alkyl halides is 3. The number of anilines is 1. The van der Waals surface area contributed by atoms with E-state index in [1.54, 1.807) is 0 Å². The molecule has 0 aliphatic heterocycles. The van der Waals surface area contributed by atoms with E-state index in [4.69, 9.17) is 0 Å². The van der Waals surface area contributed by atoms with Gasteiger partial charge in [0.15, 0.2) is 0 Å². The lowest BCUT2D eigenvalue weighted by molar-refractivity contribution is -0.136. The van der Waals surface area contributed by atoms with Crippen LogP contribution in [0.2, 0.25) is 0 Å². The van der Waals surface area contributed by atoms with Crippen LogP contribution in [-0.2, 0) is 4.79 Å². The number of aromatic nitrogens is 2. The first-order chi connectivity index (χ1) is 6.44. The molecule has 1 atom stereocenters. The van der Waals surface area contributed by atoms with Gasteiger partial charge in [0.05, 0.1) is 6.20 Å². The molecule has 1 unspecified atom stereocenters. The van der Waals surface area contributed by atoms with Crippen molar-refractivity contribution in [2.24, 2.45) is 0 Å². The number of nitrogens with one attached hydrogen (secondary N) is 2. The van der Waals surface area contributed by atoms with E-state index in [2.05, 4.69) is 10.2 Å². The normalized spacial score (nSPS) is 15.2. The van der Waals surface area contributed by atoms with Crippen LogP contribution in [0.25, 0.3) is 0 Å². The Morgan fingerprint density at radius 3 is 2.79 bits per heavy atom. The Hall–Kier alpha value is -1.53. The van der Waals surface area contributed by atoms with Crippen LogP contribution in [0.1, 0.15) is 6.92 Å². The summed E-state index contributed by atoms with van der Waals surface area (Å²) in [5.74, 6) is -1.34. The lowest BCUT2D eigenvalue weighted by Crippen LogP contribution is -2.42. The van der Waals surface area contributed by atoms with Crippen molar-refractivity contribution in [1.82, 2.24) is 10.2 Å². The number of hydrogen-bond acceptors (Lipinski definition) is 2. The first-order valence-corrected chi connectivity index (χ1v) is 3.72. The second kappa shape index (κ2) is 3.69. The van der Waals surface area contributed by atoms with Crippen molar-refractivity contribution < 1.29 is 18.0 Å². The predicted molar refractivity (Wildman–Crippen MR) is 42.7 cm³/mol. The zero-order valence-corrected chi connectivity index (χ0v) is 7.22. The molecule has 7 heteroatoms. The summed E-state index contributed by atoms with van der Waals surface area (Å²) in [5, 5.41) is 7.67. The van der Waals surface area contributed by atoms with Crippen LogP contribution >= 0.6 is 0 Å². The molecule has 0 aliphatic rings. The fraction of sp³-hybridized carbons (Fsp3) is 0.429. The molecule has 0 aliphatic carbocycles. The summed E-state index contributed by atoms with van der Waals surface area (Å²) in [6, 6.07) is 1.32. The monoisotopic (exact) mass is 207 g/mol. The number of hydrogen-bond donors (Lipinski definition) is 2. The van der Waals surface area contributed by atoms with Crippen LogP contribution < -0.4 is 5.32 Å². The third kappa shape index (κ3) is 2.04. The minimum absolute atomic E-state index is 0.0690. The zero-order chi connectivity index (χ0) is 10.8. The minimum Gasteiger partial charge on any atom is -0.308 e. The predicted octanol–water partition coefficient (Wildman–Crippen LogP) is 1.34. The third-order valence-corrected chi connectivity index (χ3v) is 1.60. The summed E-state index contributed by atoms with van der Waals surface area (Å²) in [5.41, 5.74) is -3.20. The van der Waals surface area contributed by atoms with Crippen molar-refractivity contribution in [3.8, 4) is 0 Å². The number of carbonyl (C=O) groups excluding carboxylic acids is 1. The molecule has 1 heterocycles. The Bertz CT molecular complexity index is 310. The average Bonchev–Trinajstić information content (AvgIpc) is 2.56. The second-order valence-electron chi connectivity index (χ2n) is 2.80. The van der Waals surface area contributed by atoms with Crippen LogP contribution in [0.5, 0.6) is 0 Å². The van der Waals surface area contributed by atoms with Gasteiger partial charge in [0.2, 0.25) is 5.67 Å². The lowest BCUT2D eigenvalue weighted by atomic mass is 10.1. The third-order valence-electron chi connectivity index (χ3n) is 1.60. The Kier molecular flexibility index (Phi) is 2.78. The van der Waals surface area contributed by atoms with E-state index in [0.717, 1.165) is 0 Å². The van der Waals surface area contributed by atoms with Gasteiger partial charge in [0.1, 0.15) is 5.82 Å². The first-order valence-electron chi connectivity index (χ1n) is 3.72. The van der Waals surface area contributed by atoms with E-state index < -0.39 is 18.0 Å². The van der Waals surface area contributed by atoms with Crippen molar-refractivity contribution in [2.45, 2.75) is 19.0 Å². The number of carbonyl (C=O) groups is 1. The molecule has 1 amide bonds. The summed E-state index contributed by atoms with van der Waals surface area (Å²) >= 11 is 0. The highest BCUT2D eigenvalue weighted by Crippen LogP contribution is 2.21. The molecule has 4 nitrogen and oxygen atoms in total. The summed E-state index contributed by atoms with van der Waals surface area (Å²) in [6.45, 7) is 0.517. The molecule has 1 aromatic rings. The lowest BCUT2D eigenvalue weighted by Gasteiger charge is -2.17. The minimum atomic E-state index is -3.37. The molecule has 14 heavy (non-hydrogen) atoms. The second-order valence-corrected chi connectivity index (χ2v) is 2.80. The van der Waals surface area contributed by atoms with Crippen molar-refractivity contribution in [3.63, 3.8) is 0 Å². The van der Waals surface area contributed by atoms with E-state index in [0.29, 0.717) is 6.92 Å². The molecule has 0 spiro atoms. The van der Waals surface area contributed by atoms with Crippen molar-refractivity contribution in [2.75, 3.05) is 5.32 Å². The largest absolute Gasteiger partial charge is 0.308 e. The Morgan fingerprint density at radius 2 is 2.36 bits per heavy atom. The van der Waals surface area contributed by atoms with Gasteiger partial charge in [-0.1, -0.05) is 0 Å². The summed E-state index contributed by atoms with van der Waals surface area (Å²) in [4.78, 5) is 11.0. The molecular formula is C7H8F3N3O. The summed E-state index contributed by atoms with van der Waals surface area (Å²) in [6.07, 6.45) is -2.07. The molecule has 1 aromatic heterocycles. The van der Waals surface area contributed by atoms with E-state index in [-0.39, 0.29) is 5.82 Å². The van der Waals surface area contributed by atoms with Crippen LogP contribution in [0.15, 0.2) is 12.3 Å². The number of aromatic amines is 1. The molecule has 1 rings (SSSR count). The summed E-state index contributed by atoms with van der Waals surface area (Å²) in [7, 11) is 0. The highest BCUT2D eigenvalue weighted by Gasteiger charge is 2.43. The number of amides is 1.